The Kier molecular flexibility index (Phi) is 4.50. The van der Waals surface area contributed by atoms with Gasteiger partial charge in [0.1, 0.15) is 5.82 Å². The van der Waals surface area contributed by atoms with Crippen molar-refractivity contribution in [3.05, 3.63) is 35.1 Å². The number of nitrogens with zero attached hydrogens (tertiary/aromatic N) is 2. The second kappa shape index (κ2) is 6.12. The van der Waals surface area contributed by atoms with Gasteiger partial charge in [0.05, 0.1) is 0 Å². The number of hydrogen-bond acceptors (Lipinski definition) is 3. The Morgan fingerprint density at radius 3 is 2.58 bits per heavy atom. The molecule has 4 nitrogen and oxygen atoms in total. The molecule has 0 aliphatic carbocycles. The first-order chi connectivity index (χ1) is 9.11. The van der Waals surface area contributed by atoms with Crippen molar-refractivity contribution in [3.63, 3.8) is 0 Å². The molecule has 1 heterocycles. The van der Waals surface area contributed by atoms with Gasteiger partial charge in [0.15, 0.2) is 0 Å². The third-order valence-corrected chi connectivity index (χ3v) is 3.52. The lowest BCUT2D eigenvalue weighted by atomic mass is 10.1. The average Bonchev–Trinajstić information content (AvgIpc) is 2.42. The largest absolute Gasteiger partial charge is 0.336 e. The summed E-state index contributed by atoms with van der Waals surface area (Å²) in [4.78, 5) is 16.3. The first-order valence-corrected chi connectivity index (χ1v) is 6.59. The second-order valence-electron chi connectivity index (χ2n) is 4.89. The Balaban J connectivity index is 1.99. The van der Waals surface area contributed by atoms with E-state index in [2.05, 4.69) is 4.90 Å². The predicted molar refractivity (Wildman–Crippen MR) is 72.5 cm³/mol. The molecule has 5 heteroatoms. The molecule has 1 amide bonds. The van der Waals surface area contributed by atoms with Crippen molar-refractivity contribution in [3.8, 4) is 0 Å². The third kappa shape index (κ3) is 3.30. The molecule has 1 saturated heterocycles. The molecule has 2 rings (SSSR count). The van der Waals surface area contributed by atoms with Gasteiger partial charge in [-0.3, -0.25) is 9.69 Å². The summed E-state index contributed by atoms with van der Waals surface area (Å²) in [5, 5.41) is 0. The molecule has 0 saturated carbocycles. The molecule has 0 spiro atoms. The number of carbonyl (C=O) groups excluding carboxylic acids is 1. The molecular formula is C14H20FN3O. The monoisotopic (exact) mass is 265 g/mol. The molecule has 1 aliphatic heterocycles. The highest BCUT2D eigenvalue weighted by molar-refractivity contribution is 5.94. The molecule has 1 aliphatic rings. The van der Waals surface area contributed by atoms with Crippen LogP contribution in [0.2, 0.25) is 0 Å². The van der Waals surface area contributed by atoms with Crippen LogP contribution in [0.15, 0.2) is 18.2 Å². The molecule has 2 N–H and O–H groups in total. The van der Waals surface area contributed by atoms with Crippen molar-refractivity contribution < 1.29 is 9.18 Å². The van der Waals surface area contributed by atoms with E-state index in [1.165, 1.54) is 6.07 Å². The summed E-state index contributed by atoms with van der Waals surface area (Å²) in [5.74, 6) is -0.418. The quantitative estimate of drug-likeness (QED) is 0.881. The van der Waals surface area contributed by atoms with Gasteiger partial charge in [0.2, 0.25) is 0 Å². The Morgan fingerprint density at radius 1 is 1.32 bits per heavy atom. The summed E-state index contributed by atoms with van der Waals surface area (Å²) >= 11 is 0. The molecule has 0 atom stereocenters. The highest BCUT2D eigenvalue weighted by Crippen LogP contribution is 2.13. The highest BCUT2D eigenvalue weighted by Gasteiger charge is 2.22. The van der Waals surface area contributed by atoms with Crippen LogP contribution in [0.1, 0.15) is 15.9 Å². The Labute approximate surface area is 113 Å². The van der Waals surface area contributed by atoms with Gasteiger partial charge in [-0.25, -0.2) is 4.39 Å². The summed E-state index contributed by atoms with van der Waals surface area (Å²) in [6.45, 7) is 6.20. The van der Waals surface area contributed by atoms with Crippen molar-refractivity contribution in [1.82, 2.24) is 9.80 Å². The molecule has 104 valence electrons. The lowest BCUT2D eigenvalue weighted by Crippen LogP contribution is -2.49. The lowest BCUT2D eigenvalue weighted by molar-refractivity contribution is 0.0640. The number of nitrogens with two attached hydrogens (primary N) is 1. The molecule has 19 heavy (non-hydrogen) atoms. The van der Waals surface area contributed by atoms with E-state index in [1.807, 2.05) is 0 Å². The number of carbonyl (C=O) groups is 1. The number of halogens is 1. The Morgan fingerprint density at radius 2 is 2.00 bits per heavy atom. The number of amides is 1. The number of rotatable bonds is 3. The zero-order chi connectivity index (χ0) is 13.8. The minimum absolute atomic E-state index is 0.0914. The maximum atomic E-state index is 13.5. The van der Waals surface area contributed by atoms with Crippen LogP contribution in [-0.4, -0.2) is 55.0 Å². The number of hydrogen-bond donors (Lipinski definition) is 1. The predicted octanol–water partition coefficient (Wildman–Crippen LogP) is 0.851. The first kappa shape index (κ1) is 14.0. The SMILES string of the molecule is Cc1ccc(C(=O)N2CCN(CCN)CC2)cc1F. The van der Waals surface area contributed by atoms with Crippen LogP contribution in [0.25, 0.3) is 0 Å². The van der Waals surface area contributed by atoms with Gasteiger partial charge in [-0.2, -0.15) is 0 Å². The fourth-order valence-corrected chi connectivity index (χ4v) is 2.27. The van der Waals surface area contributed by atoms with E-state index in [9.17, 15) is 9.18 Å². The maximum Gasteiger partial charge on any atom is 0.254 e. The van der Waals surface area contributed by atoms with Crippen LogP contribution in [-0.2, 0) is 0 Å². The smallest absolute Gasteiger partial charge is 0.254 e. The summed E-state index contributed by atoms with van der Waals surface area (Å²) < 4.78 is 13.5. The van der Waals surface area contributed by atoms with E-state index < -0.39 is 0 Å². The van der Waals surface area contributed by atoms with Gasteiger partial charge in [-0.15, -0.1) is 0 Å². The zero-order valence-corrected chi connectivity index (χ0v) is 11.2. The molecule has 1 fully saturated rings. The molecule has 0 radical (unpaired) electrons. The second-order valence-corrected chi connectivity index (χ2v) is 4.89. The molecule has 0 aromatic heterocycles. The van der Waals surface area contributed by atoms with Gasteiger partial charge < -0.3 is 10.6 Å². The maximum absolute atomic E-state index is 13.5. The topological polar surface area (TPSA) is 49.6 Å². The van der Waals surface area contributed by atoms with Crippen molar-refractivity contribution >= 4 is 5.91 Å². The molecule has 1 aromatic rings. The van der Waals surface area contributed by atoms with Crippen LogP contribution in [0.3, 0.4) is 0 Å². The van der Waals surface area contributed by atoms with Crippen LogP contribution >= 0.6 is 0 Å². The van der Waals surface area contributed by atoms with Crippen molar-refractivity contribution in [2.45, 2.75) is 6.92 Å². The van der Waals surface area contributed by atoms with Gasteiger partial charge in [-0.1, -0.05) is 6.07 Å². The van der Waals surface area contributed by atoms with Crippen LogP contribution in [0.5, 0.6) is 0 Å². The first-order valence-electron chi connectivity index (χ1n) is 6.59. The minimum Gasteiger partial charge on any atom is -0.336 e. The summed E-state index contributed by atoms with van der Waals surface area (Å²) in [7, 11) is 0. The molecule has 0 bridgehead atoms. The molecule has 1 aromatic carbocycles. The normalized spacial score (nSPS) is 16.7. The van der Waals surface area contributed by atoms with E-state index in [4.69, 9.17) is 5.73 Å². The van der Waals surface area contributed by atoms with Crippen molar-refractivity contribution in [2.24, 2.45) is 5.73 Å². The van der Waals surface area contributed by atoms with Gasteiger partial charge >= 0.3 is 0 Å². The zero-order valence-electron chi connectivity index (χ0n) is 11.2. The standard InChI is InChI=1S/C14H20FN3O/c1-11-2-3-12(10-13(11)15)14(19)18-8-6-17(5-4-16)7-9-18/h2-3,10H,4-9,16H2,1H3. The highest BCUT2D eigenvalue weighted by atomic mass is 19.1. The average molecular weight is 265 g/mol. The summed E-state index contributed by atoms with van der Waals surface area (Å²) in [6.07, 6.45) is 0. The van der Waals surface area contributed by atoms with E-state index in [-0.39, 0.29) is 11.7 Å². The van der Waals surface area contributed by atoms with Crippen LogP contribution < -0.4 is 5.73 Å². The molecular weight excluding hydrogens is 245 g/mol. The van der Waals surface area contributed by atoms with Gasteiger partial charge in [-0.05, 0) is 24.6 Å². The Hall–Kier alpha value is -1.46. The van der Waals surface area contributed by atoms with E-state index in [0.29, 0.717) is 30.8 Å². The van der Waals surface area contributed by atoms with E-state index >= 15 is 0 Å². The van der Waals surface area contributed by atoms with Crippen LogP contribution in [0.4, 0.5) is 4.39 Å². The number of aryl methyl sites for hydroxylation is 1. The van der Waals surface area contributed by atoms with Crippen molar-refractivity contribution in [1.29, 1.82) is 0 Å². The van der Waals surface area contributed by atoms with Gasteiger partial charge in [0, 0.05) is 44.8 Å². The van der Waals surface area contributed by atoms with Crippen molar-refractivity contribution in [2.75, 3.05) is 39.3 Å². The van der Waals surface area contributed by atoms with E-state index in [1.54, 1.807) is 24.0 Å². The Bertz CT molecular complexity index is 456. The van der Waals surface area contributed by atoms with Crippen LogP contribution in [0, 0.1) is 12.7 Å². The summed E-state index contributed by atoms with van der Waals surface area (Å²) in [6, 6.07) is 4.66. The third-order valence-electron chi connectivity index (χ3n) is 3.52. The minimum atomic E-state index is -0.326. The fourth-order valence-electron chi connectivity index (χ4n) is 2.27. The summed E-state index contributed by atoms with van der Waals surface area (Å²) in [5.41, 5.74) is 6.50. The number of piperazine rings is 1. The molecule has 0 unspecified atom stereocenters. The van der Waals surface area contributed by atoms with Gasteiger partial charge in [0.25, 0.3) is 5.91 Å². The van der Waals surface area contributed by atoms with E-state index in [0.717, 1.165) is 19.6 Å². The fraction of sp³-hybridized carbons (Fsp3) is 0.500. The lowest BCUT2D eigenvalue weighted by Gasteiger charge is -2.34. The number of benzene rings is 1.